The number of nitrogens with zero attached hydrogens (tertiary/aromatic N) is 3. The molecule has 0 atom stereocenters. The van der Waals surface area contributed by atoms with Crippen molar-refractivity contribution < 1.29 is 0 Å². The van der Waals surface area contributed by atoms with E-state index in [9.17, 15) is 0 Å². The Morgan fingerprint density at radius 2 is 1.72 bits per heavy atom. The van der Waals surface area contributed by atoms with Crippen LogP contribution in [0.2, 0.25) is 0 Å². The number of nitriles is 1. The number of hydrogen-bond acceptors (Lipinski definition) is 3. The summed E-state index contributed by atoms with van der Waals surface area (Å²) in [7, 11) is 0. The minimum atomic E-state index is 0.259. The first kappa shape index (κ1) is 10.5. The third kappa shape index (κ3) is 1.41. The zero-order valence-electron chi connectivity index (χ0n) is 10.5. The summed E-state index contributed by atoms with van der Waals surface area (Å²) in [6, 6.07) is 4.18. The van der Waals surface area contributed by atoms with Crippen LogP contribution in [0.3, 0.4) is 0 Å². The number of aromatic nitrogens is 2. The summed E-state index contributed by atoms with van der Waals surface area (Å²) < 4.78 is 0. The lowest BCUT2D eigenvalue weighted by Gasteiger charge is -2.56. The molecule has 18 heavy (non-hydrogen) atoms. The van der Waals surface area contributed by atoms with Gasteiger partial charge in [0.25, 0.3) is 0 Å². The maximum atomic E-state index is 9.03. The fraction of sp³-hybridized carbons (Fsp3) is 0.667. The molecule has 1 aromatic heterocycles. The molecule has 4 bridgehead atoms. The number of hydrogen-bond donors (Lipinski definition) is 0. The van der Waals surface area contributed by atoms with E-state index in [0.29, 0.717) is 5.56 Å². The highest BCUT2D eigenvalue weighted by Gasteiger charge is 2.52. The fourth-order valence-electron chi connectivity index (χ4n) is 5.11. The normalized spacial score (nSPS) is 40.7. The van der Waals surface area contributed by atoms with E-state index in [1.807, 2.05) is 6.07 Å². The lowest BCUT2D eigenvalue weighted by molar-refractivity contribution is -0.00761. The molecule has 0 N–H and O–H groups in total. The van der Waals surface area contributed by atoms with Crippen molar-refractivity contribution in [3.8, 4) is 6.07 Å². The highest BCUT2D eigenvalue weighted by molar-refractivity contribution is 5.31. The van der Waals surface area contributed by atoms with Crippen molar-refractivity contribution in [2.45, 2.75) is 43.9 Å². The minimum absolute atomic E-state index is 0.259. The maximum Gasteiger partial charge on any atom is 0.101 e. The summed E-state index contributed by atoms with van der Waals surface area (Å²) in [5, 5.41) is 17.4. The number of rotatable bonds is 1. The van der Waals surface area contributed by atoms with Crippen molar-refractivity contribution in [2.75, 3.05) is 0 Å². The van der Waals surface area contributed by atoms with Gasteiger partial charge in [0.15, 0.2) is 0 Å². The molecule has 3 heteroatoms. The Balaban J connectivity index is 1.77. The Hall–Kier alpha value is -1.43. The summed E-state index contributed by atoms with van der Waals surface area (Å²) in [4.78, 5) is 0. The second-order valence-corrected chi connectivity index (χ2v) is 6.64. The van der Waals surface area contributed by atoms with Gasteiger partial charge in [-0.3, -0.25) is 0 Å². The van der Waals surface area contributed by atoms with Gasteiger partial charge >= 0.3 is 0 Å². The molecule has 0 radical (unpaired) electrons. The highest BCUT2D eigenvalue weighted by atomic mass is 15.1. The predicted molar refractivity (Wildman–Crippen MR) is 66.6 cm³/mol. The van der Waals surface area contributed by atoms with Crippen LogP contribution in [-0.4, -0.2) is 10.2 Å². The molecule has 0 amide bonds. The molecule has 92 valence electrons. The average molecular weight is 239 g/mol. The Kier molecular flexibility index (Phi) is 2.06. The van der Waals surface area contributed by atoms with Gasteiger partial charge in [0.2, 0.25) is 0 Å². The summed E-state index contributed by atoms with van der Waals surface area (Å²) in [5.74, 6) is 2.72. The van der Waals surface area contributed by atoms with Gasteiger partial charge in [0.05, 0.1) is 17.5 Å². The van der Waals surface area contributed by atoms with Gasteiger partial charge in [0, 0.05) is 5.41 Å². The van der Waals surface area contributed by atoms with E-state index in [0.717, 1.165) is 23.4 Å². The largest absolute Gasteiger partial charge is 0.192 e. The van der Waals surface area contributed by atoms with E-state index in [1.165, 1.54) is 38.5 Å². The fourth-order valence-corrected chi connectivity index (χ4v) is 5.11. The van der Waals surface area contributed by atoms with Gasteiger partial charge < -0.3 is 0 Å². The van der Waals surface area contributed by atoms with Crippen LogP contribution in [-0.2, 0) is 5.41 Å². The summed E-state index contributed by atoms with van der Waals surface area (Å²) in [6.45, 7) is 0. The first-order valence-corrected chi connectivity index (χ1v) is 7.01. The molecule has 1 heterocycles. The third-order valence-corrected chi connectivity index (χ3v) is 5.37. The average Bonchev–Trinajstić information content (AvgIpc) is 2.37. The predicted octanol–water partition coefficient (Wildman–Crippen LogP) is 2.82. The van der Waals surface area contributed by atoms with Crippen LogP contribution in [0.4, 0.5) is 0 Å². The van der Waals surface area contributed by atoms with Crippen LogP contribution in [0.1, 0.15) is 49.8 Å². The zero-order valence-corrected chi connectivity index (χ0v) is 10.5. The molecule has 1 aromatic rings. The minimum Gasteiger partial charge on any atom is -0.192 e. The highest BCUT2D eigenvalue weighted by Crippen LogP contribution is 2.60. The van der Waals surface area contributed by atoms with Crippen molar-refractivity contribution in [3.63, 3.8) is 0 Å². The van der Waals surface area contributed by atoms with E-state index in [1.54, 1.807) is 6.20 Å². The van der Waals surface area contributed by atoms with E-state index >= 15 is 0 Å². The molecule has 0 saturated heterocycles. The van der Waals surface area contributed by atoms with Gasteiger partial charge in [-0.05, 0) is 62.3 Å². The van der Waals surface area contributed by atoms with Crippen LogP contribution in [0.15, 0.2) is 12.3 Å². The molecule has 4 aliphatic rings. The molecule has 4 aliphatic carbocycles. The van der Waals surface area contributed by atoms with Crippen molar-refractivity contribution in [1.82, 2.24) is 10.2 Å². The van der Waals surface area contributed by atoms with E-state index in [2.05, 4.69) is 16.3 Å². The van der Waals surface area contributed by atoms with Crippen LogP contribution in [0.5, 0.6) is 0 Å². The molecule has 4 saturated carbocycles. The van der Waals surface area contributed by atoms with Crippen molar-refractivity contribution in [1.29, 1.82) is 5.26 Å². The van der Waals surface area contributed by atoms with E-state index in [-0.39, 0.29) is 5.41 Å². The zero-order chi connectivity index (χ0) is 12.2. The quantitative estimate of drug-likeness (QED) is 0.757. The lowest BCUT2D eigenvalue weighted by Crippen LogP contribution is -2.49. The molecule has 0 aliphatic heterocycles. The smallest absolute Gasteiger partial charge is 0.101 e. The third-order valence-electron chi connectivity index (χ3n) is 5.37. The Morgan fingerprint density at radius 1 is 1.11 bits per heavy atom. The second kappa shape index (κ2) is 3.54. The lowest BCUT2D eigenvalue weighted by atomic mass is 9.49. The Labute approximate surface area is 107 Å². The van der Waals surface area contributed by atoms with E-state index < -0.39 is 0 Å². The molecular weight excluding hydrogens is 222 g/mol. The van der Waals surface area contributed by atoms with Gasteiger partial charge in [-0.15, -0.1) is 0 Å². The summed E-state index contributed by atoms with van der Waals surface area (Å²) >= 11 is 0. The molecule has 4 fully saturated rings. The van der Waals surface area contributed by atoms with E-state index in [4.69, 9.17) is 5.26 Å². The monoisotopic (exact) mass is 239 g/mol. The summed E-state index contributed by atoms with van der Waals surface area (Å²) in [6.07, 6.45) is 9.72. The molecule has 5 rings (SSSR count). The maximum absolute atomic E-state index is 9.03. The van der Waals surface area contributed by atoms with Crippen LogP contribution >= 0.6 is 0 Å². The molecule has 3 nitrogen and oxygen atoms in total. The standard InChI is InChI=1S/C15H17N3/c16-8-13-4-14(18-17-9-13)15-5-10-1-11(6-15)3-12(2-10)7-15/h4,9-12H,1-3,5-7H2. The second-order valence-electron chi connectivity index (χ2n) is 6.64. The van der Waals surface area contributed by atoms with Gasteiger partial charge in [-0.1, -0.05) is 0 Å². The topological polar surface area (TPSA) is 49.6 Å². The molecule has 0 spiro atoms. The molecular formula is C15H17N3. The van der Waals surface area contributed by atoms with Gasteiger partial charge in [-0.25, -0.2) is 0 Å². The van der Waals surface area contributed by atoms with Crippen LogP contribution in [0.25, 0.3) is 0 Å². The van der Waals surface area contributed by atoms with Crippen molar-refractivity contribution in [2.24, 2.45) is 17.8 Å². The Morgan fingerprint density at radius 3 is 2.28 bits per heavy atom. The van der Waals surface area contributed by atoms with Crippen LogP contribution in [0, 0.1) is 29.1 Å². The SMILES string of the molecule is N#Cc1cnnc(C23CC4CC(CC(C4)C2)C3)c1. The van der Waals surface area contributed by atoms with Gasteiger partial charge in [-0.2, -0.15) is 15.5 Å². The van der Waals surface area contributed by atoms with Crippen molar-refractivity contribution in [3.05, 3.63) is 23.5 Å². The first-order valence-electron chi connectivity index (χ1n) is 7.01. The summed E-state index contributed by atoms with van der Waals surface area (Å²) in [5.41, 5.74) is 2.02. The van der Waals surface area contributed by atoms with Crippen LogP contribution < -0.4 is 0 Å². The first-order chi connectivity index (χ1) is 8.77. The van der Waals surface area contributed by atoms with Crippen molar-refractivity contribution >= 4 is 0 Å². The molecule has 0 aromatic carbocycles. The molecule has 0 unspecified atom stereocenters. The van der Waals surface area contributed by atoms with Gasteiger partial charge in [0.1, 0.15) is 6.07 Å². The Bertz CT molecular complexity index is 494.